The van der Waals surface area contributed by atoms with E-state index in [2.05, 4.69) is 0 Å². The third-order valence-corrected chi connectivity index (χ3v) is 1.29. The zero-order valence-electron chi connectivity index (χ0n) is 6.32. The molecule has 0 saturated heterocycles. The number of hydrogen-bond donors (Lipinski definition) is 2. The maximum Gasteiger partial charge on any atom is 0.287 e. The van der Waals surface area contributed by atoms with Gasteiger partial charge in [-0.25, -0.2) is 8.78 Å². The molecule has 6 heteroatoms. The molecule has 0 aromatic carbocycles. The van der Waals surface area contributed by atoms with E-state index < -0.39 is 25.0 Å². The van der Waals surface area contributed by atoms with Crippen LogP contribution in [0.5, 0.6) is 0 Å². The standard InChI is InChI=1S/C6H10ClF2NO2/c7-2-1-5(12)10-3-6(8,9)4-11/h11H,1-4H2,(H,10,12). The minimum Gasteiger partial charge on any atom is -0.390 e. The van der Waals surface area contributed by atoms with Gasteiger partial charge in [0.2, 0.25) is 5.91 Å². The molecule has 0 aromatic heterocycles. The average Bonchev–Trinajstić information content (AvgIpc) is 2.02. The summed E-state index contributed by atoms with van der Waals surface area (Å²) in [4.78, 5) is 10.6. The van der Waals surface area contributed by atoms with Crippen LogP contribution in [-0.4, -0.2) is 36.0 Å². The van der Waals surface area contributed by atoms with E-state index in [4.69, 9.17) is 16.7 Å². The van der Waals surface area contributed by atoms with Gasteiger partial charge >= 0.3 is 0 Å². The molecule has 0 rings (SSSR count). The Balaban J connectivity index is 3.60. The van der Waals surface area contributed by atoms with E-state index in [-0.39, 0.29) is 12.3 Å². The van der Waals surface area contributed by atoms with Crippen molar-refractivity contribution in [3.8, 4) is 0 Å². The van der Waals surface area contributed by atoms with E-state index in [1.165, 1.54) is 0 Å². The third kappa shape index (κ3) is 5.26. The Morgan fingerprint density at radius 2 is 2.17 bits per heavy atom. The van der Waals surface area contributed by atoms with E-state index in [0.717, 1.165) is 0 Å². The number of alkyl halides is 3. The summed E-state index contributed by atoms with van der Waals surface area (Å²) in [7, 11) is 0. The van der Waals surface area contributed by atoms with Crippen molar-refractivity contribution < 1.29 is 18.7 Å². The van der Waals surface area contributed by atoms with Gasteiger partial charge in [0.15, 0.2) is 0 Å². The number of hydrogen-bond acceptors (Lipinski definition) is 2. The van der Waals surface area contributed by atoms with Gasteiger partial charge in [-0.05, 0) is 0 Å². The Kier molecular flexibility index (Phi) is 5.08. The van der Waals surface area contributed by atoms with Crippen molar-refractivity contribution >= 4 is 17.5 Å². The number of rotatable bonds is 5. The van der Waals surface area contributed by atoms with Gasteiger partial charge in [-0.3, -0.25) is 4.79 Å². The molecular formula is C6H10ClF2NO2. The van der Waals surface area contributed by atoms with Crippen LogP contribution in [0.3, 0.4) is 0 Å². The second-order valence-electron chi connectivity index (χ2n) is 2.23. The molecule has 0 fully saturated rings. The fraction of sp³-hybridized carbons (Fsp3) is 0.833. The van der Waals surface area contributed by atoms with Crippen molar-refractivity contribution in [3.63, 3.8) is 0 Å². The van der Waals surface area contributed by atoms with Gasteiger partial charge in [-0.1, -0.05) is 0 Å². The first-order valence-corrected chi connectivity index (χ1v) is 3.86. The Morgan fingerprint density at radius 1 is 1.58 bits per heavy atom. The molecule has 2 N–H and O–H groups in total. The maximum absolute atomic E-state index is 12.3. The second-order valence-corrected chi connectivity index (χ2v) is 2.61. The highest BCUT2D eigenvalue weighted by atomic mass is 35.5. The molecule has 72 valence electrons. The summed E-state index contributed by atoms with van der Waals surface area (Å²) in [6.07, 6.45) is 0.00304. The molecule has 1 amide bonds. The van der Waals surface area contributed by atoms with Crippen LogP contribution in [0.4, 0.5) is 8.78 Å². The summed E-state index contributed by atoms with van der Waals surface area (Å²) >= 11 is 5.18. The van der Waals surface area contributed by atoms with Crippen LogP contribution in [0.25, 0.3) is 0 Å². The van der Waals surface area contributed by atoms with Crippen LogP contribution in [0.2, 0.25) is 0 Å². The Bertz CT molecular complexity index is 154. The summed E-state index contributed by atoms with van der Waals surface area (Å²) in [5.41, 5.74) is 0. The molecule has 0 unspecified atom stereocenters. The van der Waals surface area contributed by atoms with E-state index >= 15 is 0 Å². The number of aliphatic hydroxyl groups is 1. The van der Waals surface area contributed by atoms with Gasteiger partial charge in [0.25, 0.3) is 5.92 Å². The molecule has 0 bridgehead atoms. The highest BCUT2D eigenvalue weighted by Gasteiger charge is 2.27. The molecule has 0 aromatic rings. The molecule has 0 radical (unpaired) electrons. The molecule has 0 spiro atoms. The first kappa shape index (κ1) is 11.6. The molecule has 0 aliphatic heterocycles. The average molecular weight is 202 g/mol. The van der Waals surface area contributed by atoms with Crippen molar-refractivity contribution in [2.24, 2.45) is 0 Å². The number of aliphatic hydroxyl groups excluding tert-OH is 1. The predicted octanol–water partition coefficient (Wildman–Crippen LogP) is 0.359. The number of carbonyl (C=O) groups excluding carboxylic acids is 1. The van der Waals surface area contributed by atoms with Gasteiger partial charge < -0.3 is 10.4 Å². The van der Waals surface area contributed by atoms with Crippen molar-refractivity contribution in [1.82, 2.24) is 5.32 Å². The summed E-state index contributed by atoms with van der Waals surface area (Å²) in [6, 6.07) is 0. The molecule has 0 aliphatic carbocycles. The molecule has 0 saturated carbocycles. The second kappa shape index (κ2) is 5.27. The lowest BCUT2D eigenvalue weighted by Gasteiger charge is -2.13. The number of carbonyl (C=O) groups is 1. The molecular weight excluding hydrogens is 192 g/mol. The molecule has 0 heterocycles. The zero-order chi connectivity index (χ0) is 9.61. The molecule has 12 heavy (non-hydrogen) atoms. The fourth-order valence-corrected chi connectivity index (χ4v) is 0.630. The maximum atomic E-state index is 12.3. The van der Waals surface area contributed by atoms with Gasteiger partial charge in [0.05, 0.1) is 6.54 Å². The summed E-state index contributed by atoms with van der Waals surface area (Å²) in [5.74, 6) is -3.70. The Labute approximate surface area is 73.7 Å². The quantitative estimate of drug-likeness (QED) is 0.631. The van der Waals surface area contributed by atoms with Crippen LogP contribution >= 0.6 is 11.6 Å². The smallest absolute Gasteiger partial charge is 0.287 e. The number of nitrogens with one attached hydrogen (secondary N) is 1. The minimum absolute atomic E-state index is 0.00304. The monoisotopic (exact) mass is 201 g/mol. The molecule has 3 nitrogen and oxygen atoms in total. The largest absolute Gasteiger partial charge is 0.390 e. The number of amides is 1. The minimum atomic E-state index is -3.25. The van der Waals surface area contributed by atoms with Crippen LogP contribution in [0.15, 0.2) is 0 Å². The van der Waals surface area contributed by atoms with Crippen molar-refractivity contribution in [2.75, 3.05) is 19.0 Å². The van der Waals surface area contributed by atoms with Gasteiger partial charge in [-0.15, -0.1) is 11.6 Å². The molecule has 0 aliphatic rings. The first-order chi connectivity index (χ1) is 5.52. The fourth-order valence-electron chi connectivity index (χ4n) is 0.458. The van der Waals surface area contributed by atoms with Crippen LogP contribution in [0.1, 0.15) is 6.42 Å². The normalized spacial score (nSPS) is 11.3. The summed E-state index contributed by atoms with van der Waals surface area (Å²) < 4.78 is 24.5. The highest BCUT2D eigenvalue weighted by Crippen LogP contribution is 2.09. The summed E-state index contributed by atoms with van der Waals surface area (Å²) in [5, 5.41) is 10.1. The van der Waals surface area contributed by atoms with E-state index in [1.54, 1.807) is 0 Å². The molecule has 0 atom stereocenters. The Hall–Kier alpha value is -0.420. The van der Waals surface area contributed by atoms with Gasteiger partial charge in [0, 0.05) is 12.3 Å². The zero-order valence-corrected chi connectivity index (χ0v) is 7.07. The lowest BCUT2D eigenvalue weighted by atomic mass is 10.3. The third-order valence-electron chi connectivity index (χ3n) is 1.10. The highest BCUT2D eigenvalue weighted by molar-refractivity contribution is 6.18. The predicted molar refractivity (Wildman–Crippen MR) is 40.4 cm³/mol. The topological polar surface area (TPSA) is 49.3 Å². The Morgan fingerprint density at radius 3 is 2.58 bits per heavy atom. The van der Waals surface area contributed by atoms with Gasteiger partial charge in [0.1, 0.15) is 6.61 Å². The van der Waals surface area contributed by atoms with Crippen LogP contribution in [-0.2, 0) is 4.79 Å². The van der Waals surface area contributed by atoms with E-state index in [0.29, 0.717) is 0 Å². The van der Waals surface area contributed by atoms with Crippen molar-refractivity contribution in [2.45, 2.75) is 12.3 Å². The van der Waals surface area contributed by atoms with Crippen LogP contribution in [0, 0.1) is 0 Å². The summed E-state index contributed by atoms with van der Waals surface area (Å²) in [6.45, 7) is -2.12. The lowest BCUT2D eigenvalue weighted by Crippen LogP contribution is -2.39. The lowest BCUT2D eigenvalue weighted by molar-refractivity contribution is -0.123. The first-order valence-electron chi connectivity index (χ1n) is 3.33. The van der Waals surface area contributed by atoms with Gasteiger partial charge in [-0.2, -0.15) is 0 Å². The van der Waals surface area contributed by atoms with Crippen molar-refractivity contribution in [1.29, 1.82) is 0 Å². The SMILES string of the molecule is O=C(CCCl)NCC(F)(F)CO. The number of halogens is 3. The van der Waals surface area contributed by atoms with E-state index in [9.17, 15) is 13.6 Å². The van der Waals surface area contributed by atoms with Crippen LogP contribution < -0.4 is 5.32 Å². The van der Waals surface area contributed by atoms with E-state index in [1.807, 2.05) is 5.32 Å². The van der Waals surface area contributed by atoms with Crippen molar-refractivity contribution in [3.05, 3.63) is 0 Å².